The molecule has 0 radical (unpaired) electrons. The number of hydrogen-bond acceptors (Lipinski definition) is 1. The van der Waals surface area contributed by atoms with Crippen molar-refractivity contribution < 1.29 is 4.39 Å². The van der Waals surface area contributed by atoms with Crippen LogP contribution < -0.4 is 0 Å². The van der Waals surface area contributed by atoms with Crippen LogP contribution in [0.1, 0.15) is 5.56 Å². The van der Waals surface area contributed by atoms with E-state index >= 15 is 0 Å². The number of pyridine rings is 1. The van der Waals surface area contributed by atoms with Crippen molar-refractivity contribution in [1.82, 2.24) is 9.38 Å². The Morgan fingerprint density at radius 1 is 1.45 bits per heavy atom. The van der Waals surface area contributed by atoms with E-state index in [1.807, 2.05) is 0 Å². The zero-order chi connectivity index (χ0) is 7.84. The van der Waals surface area contributed by atoms with Crippen molar-refractivity contribution in [3.8, 4) is 0 Å². The lowest BCUT2D eigenvalue weighted by Gasteiger charge is -1.96. The third-order valence-electron chi connectivity index (χ3n) is 1.70. The first-order valence-corrected chi connectivity index (χ1v) is 3.37. The number of imidazole rings is 1. The van der Waals surface area contributed by atoms with Gasteiger partial charge >= 0.3 is 0 Å². The van der Waals surface area contributed by atoms with Gasteiger partial charge in [0.25, 0.3) is 0 Å². The number of aryl methyl sites for hydroxylation is 1. The summed E-state index contributed by atoms with van der Waals surface area (Å²) in [4.78, 5) is 3.87. The minimum Gasteiger partial charge on any atom is -0.305 e. The van der Waals surface area contributed by atoms with Crippen molar-refractivity contribution in [2.45, 2.75) is 6.92 Å². The molecule has 2 rings (SSSR count). The first-order chi connectivity index (χ1) is 5.29. The number of rotatable bonds is 0. The minimum absolute atomic E-state index is 0.238. The molecule has 2 heterocycles. The van der Waals surface area contributed by atoms with Crippen LogP contribution in [0.3, 0.4) is 0 Å². The lowest BCUT2D eigenvalue weighted by atomic mass is 10.3. The summed E-state index contributed by atoms with van der Waals surface area (Å²) in [5, 5.41) is 0. The van der Waals surface area contributed by atoms with Crippen LogP contribution in [0.15, 0.2) is 24.7 Å². The van der Waals surface area contributed by atoms with Crippen molar-refractivity contribution in [2.75, 3.05) is 0 Å². The molecule has 0 spiro atoms. The van der Waals surface area contributed by atoms with E-state index in [9.17, 15) is 4.39 Å². The maximum Gasteiger partial charge on any atom is 0.173 e. The first kappa shape index (κ1) is 6.34. The second kappa shape index (κ2) is 2.05. The Morgan fingerprint density at radius 2 is 2.27 bits per heavy atom. The summed E-state index contributed by atoms with van der Waals surface area (Å²) in [7, 11) is 0. The molecule has 2 aromatic rings. The van der Waals surface area contributed by atoms with E-state index in [0.717, 1.165) is 0 Å². The molecule has 2 aromatic heterocycles. The molecule has 56 valence electrons. The second-order valence-corrected chi connectivity index (χ2v) is 2.47. The SMILES string of the molecule is Cc1ccn2ccnc2c1F. The van der Waals surface area contributed by atoms with Gasteiger partial charge in [-0.1, -0.05) is 0 Å². The first-order valence-electron chi connectivity index (χ1n) is 3.37. The van der Waals surface area contributed by atoms with Crippen molar-refractivity contribution in [1.29, 1.82) is 0 Å². The van der Waals surface area contributed by atoms with Gasteiger partial charge in [0.15, 0.2) is 11.5 Å². The predicted octanol–water partition coefficient (Wildman–Crippen LogP) is 1.78. The van der Waals surface area contributed by atoms with Gasteiger partial charge in [-0.25, -0.2) is 9.37 Å². The average Bonchev–Trinajstić information content (AvgIpc) is 2.45. The largest absolute Gasteiger partial charge is 0.305 e. The van der Waals surface area contributed by atoms with Crippen LogP contribution in [0, 0.1) is 12.7 Å². The number of hydrogen-bond donors (Lipinski definition) is 0. The fourth-order valence-corrected chi connectivity index (χ4v) is 1.04. The number of halogens is 1. The fraction of sp³-hybridized carbons (Fsp3) is 0.125. The molecule has 0 amide bonds. The van der Waals surface area contributed by atoms with Gasteiger partial charge in [-0.15, -0.1) is 0 Å². The van der Waals surface area contributed by atoms with E-state index in [0.29, 0.717) is 11.2 Å². The summed E-state index contributed by atoms with van der Waals surface area (Å²) in [6, 6.07) is 1.73. The summed E-state index contributed by atoms with van der Waals surface area (Å²) in [6.45, 7) is 1.73. The summed E-state index contributed by atoms with van der Waals surface area (Å²) in [6.07, 6.45) is 5.09. The van der Waals surface area contributed by atoms with Gasteiger partial charge < -0.3 is 4.40 Å². The highest BCUT2D eigenvalue weighted by atomic mass is 19.1. The Balaban J connectivity index is 2.93. The summed E-state index contributed by atoms with van der Waals surface area (Å²) in [5.74, 6) is -0.238. The van der Waals surface area contributed by atoms with E-state index in [-0.39, 0.29) is 5.82 Å². The van der Waals surface area contributed by atoms with E-state index in [4.69, 9.17) is 0 Å². The van der Waals surface area contributed by atoms with E-state index in [1.165, 1.54) is 0 Å². The monoisotopic (exact) mass is 150 g/mol. The Bertz CT molecular complexity index is 392. The molecule has 0 aliphatic rings. The summed E-state index contributed by atoms with van der Waals surface area (Å²) in [5.41, 5.74) is 1.02. The number of nitrogens with zero attached hydrogens (tertiary/aromatic N) is 2. The van der Waals surface area contributed by atoms with Crippen LogP contribution in [0.5, 0.6) is 0 Å². The van der Waals surface area contributed by atoms with Crippen LogP contribution in [-0.4, -0.2) is 9.38 Å². The molecule has 0 aliphatic carbocycles. The van der Waals surface area contributed by atoms with Gasteiger partial charge in [0.2, 0.25) is 0 Å². The number of fused-ring (bicyclic) bond motifs is 1. The minimum atomic E-state index is -0.238. The smallest absolute Gasteiger partial charge is 0.173 e. The van der Waals surface area contributed by atoms with E-state index < -0.39 is 0 Å². The molecule has 0 bridgehead atoms. The molecule has 0 saturated heterocycles. The maximum absolute atomic E-state index is 13.1. The maximum atomic E-state index is 13.1. The summed E-state index contributed by atoms with van der Waals surface area (Å²) >= 11 is 0. The van der Waals surface area contributed by atoms with Gasteiger partial charge in [-0.05, 0) is 18.6 Å². The van der Waals surface area contributed by atoms with Gasteiger partial charge in [0.1, 0.15) is 0 Å². The molecule has 0 aromatic carbocycles. The Morgan fingerprint density at radius 3 is 3.09 bits per heavy atom. The molecular formula is C8H7FN2. The van der Waals surface area contributed by atoms with Crippen LogP contribution in [-0.2, 0) is 0 Å². The quantitative estimate of drug-likeness (QED) is 0.559. The highest BCUT2D eigenvalue weighted by Gasteiger charge is 2.03. The molecule has 0 unspecified atom stereocenters. The Hall–Kier alpha value is -1.38. The topological polar surface area (TPSA) is 17.3 Å². The molecule has 0 fully saturated rings. The zero-order valence-electron chi connectivity index (χ0n) is 6.08. The van der Waals surface area contributed by atoms with Crippen LogP contribution >= 0.6 is 0 Å². The highest BCUT2D eigenvalue weighted by Crippen LogP contribution is 2.10. The highest BCUT2D eigenvalue weighted by molar-refractivity contribution is 5.42. The molecule has 2 nitrogen and oxygen atoms in total. The van der Waals surface area contributed by atoms with Gasteiger partial charge in [-0.2, -0.15) is 0 Å². The van der Waals surface area contributed by atoms with Crippen molar-refractivity contribution in [2.24, 2.45) is 0 Å². The molecule has 0 saturated carbocycles. The van der Waals surface area contributed by atoms with Gasteiger partial charge in [0.05, 0.1) is 0 Å². The third kappa shape index (κ3) is 0.808. The third-order valence-corrected chi connectivity index (χ3v) is 1.70. The van der Waals surface area contributed by atoms with Gasteiger partial charge in [0, 0.05) is 18.6 Å². The molecule has 0 atom stereocenters. The van der Waals surface area contributed by atoms with E-state index in [1.54, 1.807) is 36.0 Å². The van der Waals surface area contributed by atoms with Crippen LogP contribution in [0.4, 0.5) is 4.39 Å². The van der Waals surface area contributed by atoms with Crippen molar-refractivity contribution >= 4 is 5.65 Å². The lowest BCUT2D eigenvalue weighted by molar-refractivity contribution is 0.620. The molecular weight excluding hydrogens is 143 g/mol. The molecule has 0 aliphatic heterocycles. The lowest BCUT2D eigenvalue weighted by Crippen LogP contribution is -1.90. The normalized spacial score (nSPS) is 10.7. The van der Waals surface area contributed by atoms with Crippen LogP contribution in [0.2, 0.25) is 0 Å². The fourth-order valence-electron chi connectivity index (χ4n) is 1.04. The summed E-state index contributed by atoms with van der Waals surface area (Å²) < 4.78 is 14.8. The molecule has 11 heavy (non-hydrogen) atoms. The van der Waals surface area contributed by atoms with E-state index in [2.05, 4.69) is 4.98 Å². The van der Waals surface area contributed by atoms with Crippen molar-refractivity contribution in [3.05, 3.63) is 36.0 Å². The zero-order valence-corrected chi connectivity index (χ0v) is 6.08. The number of aromatic nitrogens is 2. The van der Waals surface area contributed by atoms with Crippen molar-refractivity contribution in [3.63, 3.8) is 0 Å². The second-order valence-electron chi connectivity index (χ2n) is 2.47. The van der Waals surface area contributed by atoms with Gasteiger partial charge in [-0.3, -0.25) is 0 Å². The Labute approximate surface area is 63.3 Å². The molecule has 0 N–H and O–H groups in total. The van der Waals surface area contributed by atoms with Crippen LogP contribution in [0.25, 0.3) is 5.65 Å². The molecule has 3 heteroatoms. The average molecular weight is 150 g/mol. The standard InChI is InChI=1S/C8H7FN2/c1-6-2-4-11-5-3-10-8(11)7(6)9/h2-5H,1H3. The Kier molecular flexibility index (Phi) is 1.18. The predicted molar refractivity (Wildman–Crippen MR) is 39.9 cm³/mol.